The minimum Gasteiger partial charge on any atom is -0.480 e. The van der Waals surface area contributed by atoms with Gasteiger partial charge in [0, 0.05) is 13.7 Å². The highest BCUT2D eigenvalue weighted by Gasteiger charge is 2.41. The number of ether oxygens (including phenoxy) is 2. The molecule has 1 N–H and O–H groups in total. The van der Waals surface area contributed by atoms with Gasteiger partial charge in [-0.05, 0) is 26.2 Å². The van der Waals surface area contributed by atoms with Crippen molar-refractivity contribution >= 4 is 11.9 Å². The maximum atomic E-state index is 11.3. The molecule has 1 atom stereocenters. The zero-order chi connectivity index (χ0) is 11.9. The number of carbonyl (C=O) groups excluding carboxylic acids is 1. The van der Waals surface area contributed by atoms with Crippen LogP contribution in [0.4, 0.5) is 0 Å². The lowest BCUT2D eigenvalue weighted by Crippen LogP contribution is -2.37. The second-order valence-electron chi connectivity index (χ2n) is 3.58. The highest BCUT2D eigenvalue weighted by atomic mass is 16.5. The van der Waals surface area contributed by atoms with Gasteiger partial charge in [-0.1, -0.05) is 0 Å². The Bertz CT molecular complexity index is 226. The molecule has 0 aliphatic rings. The fraction of sp³-hybridized carbons (Fsp3) is 0.800. The zero-order valence-electron chi connectivity index (χ0n) is 9.41. The van der Waals surface area contributed by atoms with E-state index in [2.05, 4.69) is 4.74 Å². The molecule has 0 aliphatic heterocycles. The number of carboxylic acid groups (broad SMARTS) is 1. The number of hydrogen-bond donors (Lipinski definition) is 1. The van der Waals surface area contributed by atoms with Gasteiger partial charge in [0.1, 0.15) is 0 Å². The molecule has 5 heteroatoms. The van der Waals surface area contributed by atoms with E-state index in [1.165, 1.54) is 14.0 Å². The Morgan fingerprint density at radius 3 is 2.27 bits per heavy atom. The van der Waals surface area contributed by atoms with Crippen molar-refractivity contribution in [2.24, 2.45) is 5.41 Å². The van der Waals surface area contributed by atoms with Crippen LogP contribution < -0.4 is 0 Å². The van der Waals surface area contributed by atoms with Crippen LogP contribution in [-0.4, -0.2) is 37.9 Å². The van der Waals surface area contributed by atoms with E-state index in [0.717, 1.165) is 6.42 Å². The van der Waals surface area contributed by atoms with Crippen LogP contribution in [0.2, 0.25) is 0 Å². The second kappa shape index (κ2) is 6.40. The van der Waals surface area contributed by atoms with Crippen LogP contribution in [0.1, 0.15) is 26.2 Å². The molecule has 1 unspecified atom stereocenters. The first-order chi connectivity index (χ1) is 6.99. The molecular weight excluding hydrogens is 200 g/mol. The number of carbonyl (C=O) groups is 2. The summed E-state index contributed by atoms with van der Waals surface area (Å²) < 4.78 is 9.32. The van der Waals surface area contributed by atoms with Crippen molar-refractivity contribution < 1.29 is 24.2 Å². The van der Waals surface area contributed by atoms with E-state index < -0.39 is 17.4 Å². The van der Waals surface area contributed by atoms with Crippen LogP contribution in [0, 0.1) is 5.41 Å². The number of esters is 1. The Morgan fingerprint density at radius 1 is 1.27 bits per heavy atom. The molecule has 0 aromatic rings. The fourth-order valence-electron chi connectivity index (χ4n) is 1.25. The van der Waals surface area contributed by atoms with Gasteiger partial charge in [-0.3, -0.25) is 9.59 Å². The van der Waals surface area contributed by atoms with Gasteiger partial charge in [-0.2, -0.15) is 0 Å². The lowest BCUT2D eigenvalue weighted by molar-refractivity contribution is -0.166. The smallest absolute Gasteiger partial charge is 0.322 e. The Morgan fingerprint density at radius 2 is 1.87 bits per heavy atom. The molecule has 0 rings (SSSR count). The minimum atomic E-state index is -1.44. The van der Waals surface area contributed by atoms with E-state index in [0.29, 0.717) is 13.0 Å². The molecule has 0 aromatic heterocycles. The highest BCUT2D eigenvalue weighted by molar-refractivity contribution is 5.98. The molecule has 88 valence electrons. The molecule has 0 fully saturated rings. The van der Waals surface area contributed by atoms with Gasteiger partial charge >= 0.3 is 11.9 Å². The standard InChI is InChI=1S/C10H18O5/c1-10(8(11)12,9(13)15-3)6-4-5-7-14-2/h4-7H2,1-3H3,(H,11,12). The van der Waals surface area contributed by atoms with Crippen LogP contribution in [-0.2, 0) is 19.1 Å². The summed E-state index contributed by atoms with van der Waals surface area (Å²) in [4.78, 5) is 22.3. The van der Waals surface area contributed by atoms with E-state index in [1.54, 1.807) is 7.11 Å². The van der Waals surface area contributed by atoms with E-state index >= 15 is 0 Å². The van der Waals surface area contributed by atoms with Crippen molar-refractivity contribution in [1.29, 1.82) is 0 Å². The third-order valence-corrected chi connectivity index (χ3v) is 2.38. The molecule has 5 nitrogen and oxygen atoms in total. The first-order valence-corrected chi connectivity index (χ1v) is 4.79. The van der Waals surface area contributed by atoms with Crippen LogP contribution in [0.3, 0.4) is 0 Å². The van der Waals surface area contributed by atoms with E-state index in [1.807, 2.05) is 0 Å². The molecule has 15 heavy (non-hydrogen) atoms. The van der Waals surface area contributed by atoms with E-state index in [9.17, 15) is 9.59 Å². The molecule has 0 saturated heterocycles. The average molecular weight is 218 g/mol. The van der Waals surface area contributed by atoms with Crippen molar-refractivity contribution in [1.82, 2.24) is 0 Å². The van der Waals surface area contributed by atoms with Crippen molar-refractivity contribution in [3.63, 3.8) is 0 Å². The van der Waals surface area contributed by atoms with E-state index in [4.69, 9.17) is 9.84 Å². The third-order valence-electron chi connectivity index (χ3n) is 2.38. The second-order valence-corrected chi connectivity index (χ2v) is 3.58. The van der Waals surface area contributed by atoms with Gasteiger partial charge in [0.25, 0.3) is 0 Å². The fourth-order valence-corrected chi connectivity index (χ4v) is 1.25. The van der Waals surface area contributed by atoms with Crippen LogP contribution in [0.25, 0.3) is 0 Å². The number of aliphatic carboxylic acids is 1. The van der Waals surface area contributed by atoms with Crippen molar-refractivity contribution in [3.8, 4) is 0 Å². The Hall–Kier alpha value is -1.10. The molecule has 0 aromatic carbocycles. The SMILES string of the molecule is COCCCCC(C)(C(=O)O)C(=O)OC. The predicted molar refractivity (Wildman–Crippen MR) is 53.5 cm³/mol. The van der Waals surface area contributed by atoms with Crippen LogP contribution in [0.15, 0.2) is 0 Å². The summed E-state index contributed by atoms with van der Waals surface area (Å²) in [5.41, 5.74) is -1.44. The topological polar surface area (TPSA) is 72.8 Å². The van der Waals surface area contributed by atoms with Crippen LogP contribution in [0.5, 0.6) is 0 Å². The van der Waals surface area contributed by atoms with E-state index in [-0.39, 0.29) is 6.42 Å². The molecule has 0 bridgehead atoms. The number of methoxy groups -OCH3 is 2. The van der Waals surface area contributed by atoms with Gasteiger partial charge in [0.15, 0.2) is 5.41 Å². The third kappa shape index (κ3) is 3.87. The lowest BCUT2D eigenvalue weighted by atomic mass is 9.85. The highest BCUT2D eigenvalue weighted by Crippen LogP contribution is 2.26. The van der Waals surface area contributed by atoms with Crippen molar-refractivity contribution in [2.45, 2.75) is 26.2 Å². The predicted octanol–water partition coefficient (Wildman–Crippen LogP) is 1.07. The molecule has 0 radical (unpaired) electrons. The summed E-state index contributed by atoms with van der Waals surface area (Å²) in [5, 5.41) is 8.96. The van der Waals surface area contributed by atoms with Crippen molar-refractivity contribution in [3.05, 3.63) is 0 Å². The Balaban J connectivity index is 4.27. The quantitative estimate of drug-likeness (QED) is 0.393. The summed E-state index contributed by atoms with van der Waals surface area (Å²) in [5.74, 6) is -1.85. The van der Waals surface area contributed by atoms with Gasteiger partial charge < -0.3 is 14.6 Å². The first-order valence-electron chi connectivity index (χ1n) is 4.79. The molecule has 0 aliphatic carbocycles. The Kier molecular flexibility index (Phi) is 5.93. The summed E-state index contributed by atoms with van der Waals surface area (Å²) >= 11 is 0. The Labute approximate surface area is 89.4 Å². The molecular formula is C10H18O5. The summed E-state index contributed by atoms with van der Waals surface area (Å²) in [6, 6.07) is 0. The normalized spacial score (nSPS) is 14.3. The van der Waals surface area contributed by atoms with Gasteiger partial charge in [0.2, 0.25) is 0 Å². The largest absolute Gasteiger partial charge is 0.480 e. The summed E-state index contributed by atoms with van der Waals surface area (Å²) in [6.07, 6.45) is 1.61. The minimum absolute atomic E-state index is 0.262. The number of rotatable bonds is 7. The lowest BCUT2D eigenvalue weighted by Gasteiger charge is -2.21. The monoisotopic (exact) mass is 218 g/mol. The maximum absolute atomic E-state index is 11.3. The van der Waals surface area contributed by atoms with Crippen LogP contribution >= 0.6 is 0 Å². The zero-order valence-corrected chi connectivity index (χ0v) is 9.41. The number of unbranched alkanes of at least 4 members (excludes halogenated alkanes) is 1. The molecule has 0 spiro atoms. The summed E-state index contributed by atoms with van der Waals surface area (Å²) in [6.45, 7) is 1.95. The maximum Gasteiger partial charge on any atom is 0.322 e. The van der Waals surface area contributed by atoms with Gasteiger partial charge in [0.05, 0.1) is 7.11 Å². The summed E-state index contributed by atoms with van der Waals surface area (Å²) in [7, 11) is 2.77. The average Bonchev–Trinajstić information content (AvgIpc) is 2.22. The number of carboxylic acids is 1. The molecule has 0 amide bonds. The van der Waals surface area contributed by atoms with Gasteiger partial charge in [-0.25, -0.2) is 0 Å². The van der Waals surface area contributed by atoms with Crippen molar-refractivity contribution in [2.75, 3.05) is 20.8 Å². The number of hydrogen-bond acceptors (Lipinski definition) is 4. The molecule has 0 saturated carbocycles. The first kappa shape index (κ1) is 13.9. The van der Waals surface area contributed by atoms with Gasteiger partial charge in [-0.15, -0.1) is 0 Å². The molecule has 0 heterocycles.